The summed E-state index contributed by atoms with van der Waals surface area (Å²) in [4.78, 5) is 19.5. The molecule has 1 aromatic carbocycles. The van der Waals surface area contributed by atoms with E-state index in [1.54, 1.807) is 12.3 Å². The Bertz CT molecular complexity index is 1130. The van der Waals surface area contributed by atoms with Crippen LogP contribution in [0.5, 0.6) is 0 Å². The summed E-state index contributed by atoms with van der Waals surface area (Å²) in [7, 11) is 0. The van der Waals surface area contributed by atoms with Crippen LogP contribution >= 0.6 is 0 Å². The number of aromatic nitrogens is 1. The van der Waals surface area contributed by atoms with Gasteiger partial charge in [0.05, 0.1) is 24.9 Å². The smallest absolute Gasteiger partial charge is 0.229 e. The van der Waals surface area contributed by atoms with Crippen molar-refractivity contribution < 1.29 is 23.8 Å². The average Bonchev–Trinajstić information content (AvgIpc) is 3.44. The third kappa shape index (κ3) is 4.14. The van der Waals surface area contributed by atoms with Crippen molar-refractivity contribution in [2.45, 2.75) is 56.6 Å². The van der Waals surface area contributed by atoms with Gasteiger partial charge < -0.3 is 19.9 Å². The Morgan fingerprint density at radius 1 is 1.17 bits per heavy atom. The minimum atomic E-state index is -0.491. The molecule has 7 nitrogen and oxygen atoms in total. The van der Waals surface area contributed by atoms with E-state index >= 15 is 4.39 Å². The molecule has 1 aromatic heterocycles. The zero-order valence-corrected chi connectivity index (χ0v) is 20.3. The highest BCUT2D eigenvalue weighted by molar-refractivity contribution is 5.96. The number of hydrogen-bond donors (Lipinski definition) is 2. The predicted molar refractivity (Wildman–Crippen MR) is 130 cm³/mol. The fraction of sp³-hybridized carbons (Fsp3) is 0.630. The minimum Gasteiger partial charge on any atom is -0.389 e. The van der Waals surface area contributed by atoms with Gasteiger partial charge in [0.1, 0.15) is 11.6 Å². The minimum absolute atomic E-state index is 0.0278. The molecule has 6 rings (SSSR count). The Morgan fingerprint density at radius 3 is 2.66 bits per heavy atom. The summed E-state index contributed by atoms with van der Waals surface area (Å²) in [6, 6.07) is 5.34. The lowest BCUT2D eigenvalue weighted by atomic mass is 9.85. The Morgan fingerprint density at radius 2 is 1.94 bits per heavy atom. The monoisotopic (exact) mass is 483 g/mol. The Balaban J connectivity index is 1.15. The number of nitrogens with one attached hydrogen (secondary N) is 1. The summed E-state index contributed by atoms with van der Waals surface area (Å²) in [5.74, 6) is 0.491. The maximum atomic E-state index is 15.1. The lowest BCUT2D eigenvalue weighted by molar-refractivity contribution is -0.118. The van der Waals surface area contributed by atoms with Crippen LogP contribution in [0.3, 0.4) is 0 Å². The number of pyridine rings is 1. The quantitative estimate of drug-likeness (QED) is 0.693. The number of carbonyl (C=O) groups is 1. The van der Waals surface area contributed by atoms with E-state index in [0.29, 0.717) is 19.0 Å². The molecule has 8 heteroatoms. The molecule has 35 heavy (non-hydrogen) atoms. The molecule has 4 fully saturated rings. The zero-order valence-electron chi connectivity index (χ0n) is 20.3. The molecule has 1 aliphatic carbocycles. The number of likely N-dealkylation sites (tertiary alicyclic amines) is 1. The van der Waals surface area contributed by atoms with Crippen molar-refractivity contribution in [1.82, 2.24) is 9.88 Å². The average molecular weight is 484 g/mol. The van der Waals surface area contributed by atoms with Gasteiger partial charge in [-0.3, -0.25) is 9.69 Å². The van der Waals surface area contributed by atoms with Crippen LogP contribution in [0.25, 0.3) is 10.8 Å². The first-order valence-corrected chi connectivity index (χ1v) is 12.9. The highest BCUT2D eigenvalue weighted by Crippen LogP contribution is 2.59. The van der Waals surface area contributed by atoms with Crippen LogP contribution in [0.15, 0.2) is 24.4 Å². The van der Waals surface area contributed by atoms with Crippen LogP contribution in [0, 0.1) is 17.2 Å². The molecule has 1 spiro atoms. The normalized spacial score (nSPS) is 31.2. The van der Waals surface area contributed by atoms with E-state index in [1.807, 2.05) is 12.1 Å². The van der Waals surface area contributed by atoms with Gasteiger partial charge in [-0.15, -0.1) is 0 Å². The van der Waals surface area contributed by atoms with E-state index in [-0.39, 0.29) is 34.5 Å². The number of aliphatic hydroxyl groups excluding tert-OH is 1. The van der Waals surface area contributed by atoms with Crippen LogP contribution in [0.1, 0.15) is 50.5 Å². The van der Waals surface area contributed by atoms with Gasteiger partial charge in [-0.25, -0.2) is 9.37 Å². The molecule has 1 saturated carbocycles. The second kappa shape index (κ2) is 8.76. The predicted octanol–water partition coefficient (Wildman–Crippen LogP) is 3.46. The summed E-state index contributed by atoms with van der Waals surface area (Å²) in [6.07, 6.45) is 5.62. The van der Waals surface area contributed by atoms with Gasteiger partial charge in [0.2, 0.25) is 5.91 Å². The van der Waals surface area contributed by atoms with E-state index in [4.69, 9.17) is 9.47 Å². The number of halogens is 1. The van der Waals surface area contributed by atoms with Crippen LogP contribution in [0.4, 0.5) is 10.2 Å². The molecule has 0 radical (unpaired) electrons. The number of nitrogens with zero attached hydrogens (tertiary/aromatic N) is 2. The molecule has 1 amide bonds. The van der Waals surface area contributed by atoms with Crippen LogP contribution < -0.4 is 5.32 Å². The summed E-state index contributed by atoms with van der Waals surface area (Å²) < 4.78 is 26.0. The third-order valence-corrected chi connectivity index (χ3v) is 9.13. The molecule has 3 aliphatic heterocycles. The number of carbonyl (C=O) groups excluding carboxylic acids is 1. The van der Waals surface area contributed by atoms with Crippen molar-refractivity contribution >= 4 is 22.5 Å². The zero-order chi connectivity index (χ0) is 24.2. The molecule has 188 valence electrons. The number of amides is 1. The lowest BCUT2D eigenvalue weighted by Gasteiger charge is -2.43. The summed E-state index contributed by atoms with van der Waals surface area (Å²) in [5.41, 5.74) is 0.468. The van der Waals surface area contributed by atoms with E-state index in [9.17, 15) is 9.90 Å². The maximum absolute atomic E-state index is 15.1. The van der Waals surface area contributed by atoms with Gasteiger partial charge >= 0.3 is 0 Å². The molecule has 4 aliphatic rings. The molecule has 3 atom stereocenters. The van der Waals surface area contributed by atoms with Crippen LogP contribution in [-0.4, -0.2) is 72.1 Å². The van der Waals surface area contributed by atoms with Gasteiger partial charge in [-0.1, -0.05) is 0 Å². The van der Waals surface area contributed by atoms with Crippen molar-refractivity contribution in [3.8, 4) is 0 Å². The van der Waals surface area contributed by atoms with Crippen LogP contribution in [0.2, 0.25) is 0 Å². The second-order valence-corrected chi connectivity index (χ2v) is 11.2. The topological polar surface area (TPSA) is 83.9 Å². The molecule has 4 heterocycles. The molecular weight excluding hydrogens is 449 g/mol. The van der Waals surface area contributed by atoms with E-state index in [1.165, 1.54) is 0 Å². The first-order chi connectivity index (χ1) is 16.9. The first-order valence-electron chi connectivity index (χ1n) is 12.9. The van der Waals surface area contributed by atoms with Crippen molar-refractivity contribution in [3.63, 3.8) is 0 Å². The number of benzene rings is 1. The number of anilines is 1. The number of fused-ring (bicyclic) bond motifs is 1. The Hall–Kier alpha value is -2.13. The summed E-state index contributed by atoms with van der Waals surface area (Å²) >= 11 is 0. The highest BCUT2D eigenvalue weighted by atomic mass is 19.1. The Labute approximate surface area is 205 Å². The molecule has 2 aromatic rings. The third-order valence-electron chi connectivity index (χ3n) is 9.13. The Kier molecular flexibility index (Phi) is 5.83. The van der Waals surface area contributed by atoms with Gasteiger partial charge in [-0.05, 0) is 92.6 Å². The number of hydrogen-bond acceptors (Lipinski definition) is 6. The summed E-state index contributed by atoms with van der Waals surface area (Å²) in [6.45, 7) is 6.02. The number of aliphatic hydroxyl groups is 1. The summed E-state index contributed by atoms with van der Waals surface area (Å²) in [5, 5.41) is 15.0. The maximum Gasteiger partial charge on any atom is 0.229 e. The number of piperidine rings is 1. The first kappa shape index (κ1) is 23.3. The van der Waals surface area contributed by atoms with Crippen molar-refractivity contribution in [1.29, 1.82) is 0 Å². The highest BCUT2D eigenvalue weighted by Gasteiger charge is 2.58. The van der Waals surface area contributed by atoms with Gasteiger partial charge in [-0.2, -0.15) is 0 Å². The van der Waals surface area contributed by atoms with Gasteiger partial charge in [0, 0.05) is 30.7 Å². The largest absolute Gasteiger partial charge is 0.389 e. The van der Waals surface area contributed by atoms with E-state index < -0.39 is 6.10 Å². The molecular formula is C27H34FN3O4. The van der Waals surface area contributed by atoms with Crippen molar-refractivity contribution in [2.24, 2.45) is 11.3 Å². The van der Waals surface area contributed by atoms with Crippen molar-refractivity contribution in [2.75, 3.05) is 44.8 Å². The number of rotatable bonds is 4. The standard InChI is InChI=1S/C27H34FN3O4/c1-26(16-35-15-23(26)32)31-6-2-17(3-7-31)20-10-18-12-24(29-14-19(18)11-22(20)28)30-25(33)21-13-27(21)4-8-34-9-5-27/h10-12,14,17,21,23,32H,2-9,13,15-16H2,1H3,(H,29,30,33)/t21-,23+,26-/m1/s1. The van der Waals surface area contributed by atoms with Gasteiger partial charge in [0.15, 0.2) is 0 Å². The fourth-order valence-corrected chi connectivity index (χ4v) is 6.48. The van der Waals surface area contributed by atoms with Crippen LogP contribution in [-0.2, 0) is 14.3 Å². The van der Waals surface area contributed by atoms with Crippen molar-refractivity contribution in [3.05, 3.63) is 35.8 Å². The fourth-order valence-electron chi connectivity index (χ4n) is 6.48. The molecule has 0 bridgehead atoms. The SMILES string of the molecule is C[C@@]1(N2CCC(c3cc4cc(NC(=O)[C@H]5CC56CCOCC6)ncc4cc3F)CC2)COC[C@@H]1O. The van der Waals surface area contributed by atoms with E-state index in [2.05, 4.69) is 22.1 Å². The molecule has 0 unspecified atom stereocenters. The second-order valence-electron chi connectivity index (χ2n) is 11.2. The molecule has 3 saturated heterocycles. The lowest BCUT2D eigenvalue weighted by Crippen LogP contribution is -2.56. The molecule has 2 N–H and O–H groups in total. The van der Waals surface area contributed by atoms with Gasteiger partial charge in [0.25, 0.3) is 0 Å². The number of ether oxygens (including phenoxy) is 2. The van der Waals surface area contributed by atoms with E-state index in [0.717, 1.165) is 74.7 Å².